The number of anilines is 2. The van der Waals surface area contributed by atoms with Crippen molar-refractivity contribution in [2.75, 3.05) is 29.0 Å². The lowest BCUT2D eigenvalue weighted by atomic mass is 10.1. The van der Waals surface area contributed by atoms with Crippen LogP contribution in [0.3, 0.4) is 0 Å². The molecule has 7 heteroatoms. The minimum absolute atomic E-state index is 0.318. The summed E-state index contributed by atoms with van der Waals surface area (Å²) in [5.74, 6) is 0.137. The van der Waals surface area contributed by atoms with Gasteiger partial charge in [-0.25, -0.2) is 8.42 Å². The second kappa shape index (κ2) is 8.23. The van der Waals surface area contributed by atoms with Crippen molar-refractivity contribution in [3.05, 3.63) is 53.6 Å². The average Bonchev–Trinajstić information content (AvgIpc) is 2.55. The van der Waals surface area contributed by atoms with Crippen LogP contribution in [-0.2, 0) is 14.8 Å². The smallest absolute Gasteiger partial charge is 0.245 e. The number of aryl methyl sites for hydroxylation is 2. The van der Waals surface area contributed by atoms with Crippen LogP contribution in [0.4, 0.5) is 11.4 Å². The SMILES string of the molecule is CCOc1cccc(N(CC(=O)Nc2ccc(C)cc2C)S(C)(=O)=O)c1. The maximum atomic E-state index is 12.4. The van der Waals surface area contributed by atoms with E-state index < -0.39 is 15.9 Å². The van der Waals surface area contributed by atoms with Gasteiger partial charge in [0.1, 0.15) is 12.3 Å². The molecule has 0 aliphatic heterocycles. The zero-order chi connectivity index (χ0) is 19.3. The number of nitrogens with one attached hydrogen (secondary N) is 1. The molecule has 1 amide bonds. The first-order valence-electron chi connectivity index (χ1n) is 8.28. The molecule has 0 aliphatic rings. The van der Waals surface area contributed by atoms with Gasteiger partial charge in [-0.1, -0.05) is 23.8 Å². The van der Waals surface area contributed by atoms with E-state index in [1.165, 1.54) is 0 Å². The summed E-state index contributed by atoms with van der Waals surface area (Å²) in [7, 11) is -3.64. The highest BCUT2D eigenvalue weighted by atomic mass is 32.2. The highest BCUT2D eigenvalue weighted by molar-refractivity contribution is 7.92. The van der Waals surface area contributed by atoms with Crippen LogP contribution in [0.25, 0.3) is 0 Å². The first kappa shape index (κ1) is 19.8. The first-order valence-corrected chi connectivity index (χ1v) is 10.1. The van der Waals surface area contributed by atoms with E-state index in [-0.39, 0.29) is 6.54 Å². The lowest BCUT2D eigenvalue weighted by Gasteiger charge is -2.22. The highest BCUT2D eigenvalue weighted by Gasteiger charge is 2.21. The summed E-state index contributed by atoms with van der Waals surface area (Å²) in [5.41, 5.74) is 3.06. The van der Waals surface area contributed by atoms with E-state index in [4.69, 9.17) is 4.74 Å². The Morgan fingerprint density at radius 1 is 1.15 bits per heavy atom. The van der Waals surface area contributed by atoms with Crippen LogP contribution in [0.15, 0.2) is 42.5 Å². The largest absolute Gasteiger partial charge is 0.494 e. The van der Waals surface area contributed by atoms with Crippen LogP contribution in [0, 0.1) is 13.8 Å². The lowest BCUT2D eigenvalue weighted by Crippen LogP contribution is -2.37. The molecule has 0 atom stereocenters. The van der Waals surface area contributed by atoms with Crippen LogP contribution in [-0.4, -0.2) is 33.7 Å². The third kappa shape index (κ3) is 5.23. The van der Waals surface area contributed by atoms with E-state index in [1.807, 2.05) is 39.0 Å². The van der Waals surface area contributed by atoms with E-state index in [9.17, 15) is 13.2 Å². The van der Waals surface area contributed by atoms with Gasteiger partial charge in [0.05, 0.1) is 18.6 Å². The number of carbonyl (C=O) groups is 1. The van der Waals surface area contributed by atoms with Crippen molar-refractivity contribution in [1.29, 1.82) is 0 Å². The predicted molar refractivity (Wildman–Crippen MR) is 104 cm³/mol. The average molecular weight is 376 g/mol. The van der Waals surface area contributed by atoms with Crippen molar-refractivity contribution < 1.29 is 17.9 Å². The van der Waals surface area contributed by atoms with Gasteiger partial charge >= 0.3 is 0 Å². The molecule has 0 heterocycles. The third-order valence-electron chi connectivity index (χ3n) is 3.76. The molecular formula is C19H24N2O4S. The summed E-state index contributed by atoms with van der Waals surface area (Å²) in [6, 6.07) is 12.3. The Labute approximate surface area is 154 Å². The van der Waals surface area contributed by atoms with E-state index in [0.29, 0.717) is 23.7 Å². The topological polar surface area (TPSA) is 75.7 Å². The standard InChI is InChI=1S/C19H24N2O4S/c1-5-25-17-8-6-7-16(12-17)21(26(4,23)24)13-19(22)20-18-10-9-14(2)11-15(18)3/h6-12H,5,13H2,1-4H3,(H,20,22). The molecule has 0 aliphatic carbocycles. The van der Waals surface area contributed by atoms with Crippen molar-refractivity contribution in [2.24, 2.45) is 0 Å². The van der Waals surface area contributed by atoms with Crippen LogP contribution < -0.4 is 14.4 Å². The molecular weight excluding hydrogens is 352 g/mol. The van der Waals surface area contributed by atoms with Crippen LogP contribution in [0.2, 0.25) is 0 Å². The molecule has 1 N–H and O–H groups in total. The quantitative estimate of drug-likeness (QED) is 0.806. The Hall–Kier alpha value is -2.54. The fraction of sp³-hybridized carbons (Fsp3) is 0.316. The number of sulfonamides is 1. The van der Waals surface area contributed by atoms with E-state index >= 15 is 0 Å². The number of amides is 1. The first-order chi connectivity index (χ1) is 12.2. The monoisotopic (exact) mass is 376 g/mol. The van der Waals surface area contributed by atoms with E-state index in [2.05, 4.69) is 5.32 Å². The Morgan fingerprint density at radius 3 is 2.50 bits per heavy atom. The second-order valence-corrected chi connectivity index (χ2v) is 7.97. The summed E-state index contributed by atoms with van der Waals surface area (Å²) in [6.07, 6.45) is 1.07. The number of rotatable bonds is 7. The lowest BCUT2D eigenvalue weighted by molar-refractivity contribution is -0.114. The fourth-order valence-corrected chi connectivity index (χ4v) is 3.42. The molecule has 0 radical (unpaired) electrons. The van der Waals surface area contributed by atoms with Crippen LogP contribution in [0.1, 0.15) is 18.1 Å². The zero-order valence-corrected chi connectivity index (χ0v) is 16.3. The van der Waals surface area contributed by atoms with Gasteiger partial charge in [-0.2, -0.15) is 0 Å². The van der Waals surface area contributed by atoms with Gasteiger partial charge in [0, 0.05) is 11.8 Å². The van der Waals surface area contributed by atoms with Crippen molar-refractivity contribution in [1.82, 2.24) is 0 Å². The minimum Gasteiger partial charge on any atom is -0.494 e. The maximum Gasteiger partial charge on any atom is 0.245 e. The molecule has 0 saturated carbocycles. The number of nitrogens with zero attached hydrogens (tertiary/aromatic N) is 1. The van der Waals surface area contributed by atoms with Crippen molar-refractivity contribution in [3.63, 3.8) is 0 Å². The number of benzene rings is 2. The number of hydrogen-bond donors (Lipinski definition) is 1. The van der Waals surface area contributed by atoms with E-state index in [1.54, 1.807) is 24.3 Å². The normalized spacial score (nSPS) is 11.1. The molecule has 2 aromatic rings. The Morgan fingerprint density at radius 2 is 1.88 bits per heavy atom. The van der Waals surface area contributed by atoms with Crippen LogP contribution >= 0.6 is 0 Å². The van der Waals surface area contributed by atoms with Gasteiger partial charge in [-0.15, -0.1) is 0 Å². The summed E-state index contributed by atoms with van der Waals surface area (Å²) in [6.45, 7) is 5.85. The zero-order valence-electron chi connectivity index (χ0n) is 15.4. The van der Waals surface area contributed by atoms with Gasteiger partial charge in [0.2, 0.25) is 15.9 Å². The Bertz CT molecular complexity index is 894. The number of ether oxygens (including phenoxy) is 1. The molecule has 26 heavy (non-hydrogen) atoms. The van der Waals surface area contributed by atoms with E-state index in [0.717, 1.165) is 21.7 Å². The predicted octanol–water partition coefficient (Wildman–Crippen LogP) is 3.11. The summed E-state index contributed by atoms with van der Waals surface area (Å²) >= 11 is 0. The van der Waals surface area contributed by atoms with Gasteiger partial charge < -0.3 is 10.1 Å². The summed E-state index contributed by atoms with van der Waals surface area (Å²) < 4.78 is 30.9. The summed E-state index contributed by atoms with van der Waals surface area (Å²) in [5, 5.41) is 2.77. The van der Waals surface area contributed by atoms with Crippen molar-refractivity contribution in [3.8, 4) is 5.75 Å². The second-order valence-electron chi connectivity index (χ2n) is 6.07. The van der Waals surface area contributed by atoms with Gasteiger partial charge in [-0.05, 0) is 44.5 Å². The van der Waals surface area contributed by atoms with Crippen LogP contribution in [0.5, 0.6) is 5.75 Å². The minimum atomic E-state index is -3.64. The van der Waals surface area contributed by atoms with Gasteiger partial charge in [0.25, 0.3) is 0 Å². The summed E-state index contributed by atoms with van der Waals surface area (Å²) in [4.78, 5) is 12.4. The van der Waals surface area contributed by atoms with Crippen molar-refractivity contribution in [2.45, 2.75) is 20.8 Å². The number of carbonyl (C=O) groups excluding carboxylic acids is 1. The molecule has 0 aromatic heterocycles. The van der Waals surface area contributed by atoms with Gasteiger partial charge in [-0.3, -0.25) is 9.10 Å². The van der Waals surface area contributed by atoms with Crippen molar-refractivity contribution >= 4 is 27.3 Å². The molecule has 140 valence electrons. The molecule has 0 unspecified atom stereocenters. The molecule has 6 nitrogen and oxygen atoms in total. The maximum absolute atomic E-state index is 12.4. The molecule has 2 rings (SSSR count). The highest BCUT2D eigenvalue weighted by Crippen LogP contribution is 2.23. The third-order valence-corrected chi connectivity index (χ3v) is 4.90. The van der Waals surface area contributed by atoms with Gasteiger partial charge in [0.15, 0.2) is 0 Å². The number of hydrogen-bond acceptors (Lipinski definition) is 4. The fourth-order valence-electron chi connectivity index (χ4n) is 2.57. The molecule has 0 fully saturated rings. The molecule has 0 bridgehead atoms. The Kier molecular flexibility index (Phi) is 6.26. The molecule has 2 aromatic carbocycles. The Balaban J connectivity index is 2.23. The molecule has 0 saturated heterocycles. The molecule has 0 spiro atoms.